The molecule has 2 aromatic rings. The maximum absolute atomic E-state index is 12.2. The Morgan fingerprint density at radius 3 is 2.45 bits per heavy atom. The lowest BCUT2D eigenvalue weighted by atomic mass is 10.1. The van der Waals surface area contributed by atoms with Gasteiger partial charge in [0, 0.05) is 19.2 Å². The monoisotopic (exact) mass is 398 g/mol. The molecule has 2 amide bonds. The number of amides is 2. The highest BCUT2D eigenvalue weighted by Gasteiger charge is 2.19. The number of fused-ring (bicyclic) bond motifs is 1. The van der Waals surface area contributed by atoms with Gasteiger partial charge in [-0.2, -0.15) is 0 Å². The molecule has 1 aliphatic heterocycles. The number of ether oxygens (including phenoxy) is 3. The molecule has 8 heteroatoms. The highest BCUT2D eigenvalue weighted by Crippen LogP contribution is 2.32. The molecule has 3 rings (SSSR count). The summed E-state index contributed by atoms with van der Waals surface area (Å²) in [7, 11) is 0. The molecule has 0 unspecified atom stereocenters. The number of hydrogen-bond donors (Lipinski definition) is 2. The Balaban J connectivity index is 1.45. The van der Waals surface area contributed by atoms with Gasteiger partial charge in [0.2, 0.25) is 12.7 Å². The molecule has 1 heterocycles. The first kappa shape index (κ1) is 20.2. The second kappa shape index (κ2) is 9.09. The van der Waals surface area contributed by atoms with Gasteiger partial charge in [-0.05, 0) is 42.3 Å². The molecule has 0 bridgehead atoms. The minimum Gasteiger partial charge on any atom is -0.454 e. The van der Waals surface area contributed by atoms with Gasteiger partial charge in [-0.15, -0.1) is 0 Å². The first-order chi connectivity index (χ1) is 13.9. The lowest BCUT2D eigenvalue weighted by molar-refractivity contribution is -0.154. The third kappa shape index (κ3) is 5.71. The van der Waals surface area contributed by atoms with Crippen LogP contribution in [-0.2, 0) is 32.1 Å². The van der Waals surface area contributed by atoms with Gasteiger partial charge in [-0.25, -0.2) is 0 Å². The van der Waals surface area contributed by atoms with Crippen LogP contribution in [0.1, 0.15) is 25.0 Å². The van der Waals surface area contributed by atoms with Crippen LogP contribution in [0, 0.1) is 0 Å². The Bertz CT molecular complexity index is 910. The van der Waals surface area contributed by atoms with Crippen LogP contribution >= 0.6 is 0 Å². The number of rotatable bonds is 7. The Kier molecular flexibility index (Phi) is 6.33. The van der Waals surface area contributed by atoms with Gasteiger partial charge < -0.3 is 24.8 Å². The number of benzene rings is 2. The van der Waals surface area contributed by atoms with Gasteiger partial charge in [-0.3, -0.25) is 14.4 Å². The minimum absolute atomic E-state index is 0.0279. The topological polar surface area (TPSA) is 103 Å². The quantitative estimate of drug-likeness (QED) is 0.693. The zero-order valence-electron chi connectivity index (χ0n) is 16.2. The number of carbonyl (C=O) groups is 3. The molecule has 29 heavy (non-hydrogen) atoms. The van der Waals surface area contributed by atoms with E-state index in [1.54, 1.807) is 36.4 Å². The molecule has 0 aliphatic carbocycles. The van der Waals surface area contributed by atoms with Crippen molar-refractivity contribution in [1.29, 1.82) is 0 Å². The summed E-state index contributed by atoms with van der Waals surface area (Å²) in [6, 6.07) is 12.2. The number of anilines is 1. The molecule has 0 fully saturated rings. The van der Waals surface area contributed by atoms with Crippen molar-refractivity contribution in [3.63, 3.8) is 0 Å². The van der Waals surface area contributed by atoms with Gasteiger partial charge in [0.15, 0.2) is 17.6 Å². The van der Waals surface area contributed by atoms with Crippen molar-refractivity contribution >= 4 is 23.5 Å². The third-order valence-corrected chi connectivity index (χ3v) is 4.20. The average Bonchev–Trinajstić information content (AvgIpc) is 3.15. The SMILES string of the molecule is CC(=O)Nc1ccc(CC(=O)O[C@@H](C)C(=O)NCc2ccc3c(c2)OCO3)cc1. The van der Waals surface area contributed by atoms with Crippen LogP contribution in [-0.4, -0.2) is 30.7 Å². The molecule has 1 aliphatic rings. The lowest BCUT2D eigenvalue weighted by Gasteiger charge is -2.14. The van der Waals surface area contributed by atoms with Crippen molar-refractivity contribution in [1.82, 2.24) is 5.32 Å². The Hall–Kier alpha value is -3.55. The van der Waals surface area contributed by atoms with E-state index in [1.807, 2.05) is 6.07 Å². The molecular formula is C21H22N2O6. The van der Waals surface area contributed by atoms with E-state index in [9.17, 15) is 14.4 Å². The largest absolute Gasteiger partial charge is 0.454 e. The third-order valence-electron chi connectivity index (χ3n) is 4.20. The molecule has 1 atom stereocenters. The van der Waals surface area contributed by atoms with Crippen LogP contribution in [0.15, 0.2) is 42.5 Å². The van der Waals surface area contributed by atoms with Crippen LogP contribution in [0.4, 0.5) is 5.69 Å². The lowest BCUT2D eigenvalue weighted by Crippen LogP contribution is -2.35. The van der Waals surface area contributed by atoms with E-state index < -0.39 is 18.0 Å². The standard InChI is InChI=1S/C21H22N2O6/c1-13(21(26)22-11-16-5-8-18-19(9-16)28-12-27-18)29-20(25)10-15-3-6-17(7-4-15)23-14(2)24/h3-9,13H,10-12H2,1-2H3,(H,22,26)(H,23,24)/t13-/m0/s1. The van der Waals surface area contributed by atoms with Gasteiger partial charge in [0.05, 0.1) is 6.42 Å². The van der Waals surface area contributed by atoms with Gasteiger partial charge in [0.25, 0.3) is 5.91 Å². The van der Waals surface area contributed by atoms with E-state index in [1.165, 1.54) is 13.8 Å². The van der Waals surface area contributed by atoms with E-state index in [4.69, 9.17) is 14.2 Å². The van der Waals surface area contributed by atoms with Crippen molar-refractivity contribution in [2.75, 3.05) is 12.1 Å². The van der Waals surface area contributed by atoms with Crippen molar-refractivity contribution in [3.05, 3.63) is 53.6 Å². The van der Waals surface area contributed by atoms with Crippen molar-refractivity contribution < 1.29 is 28.6 Å². The number of carbonyl (C=O) groups excluding carboxylic acids is 3. The fourth-order valence-electron chi connectivity index (χ4n) is 2.75. The Morgan fingerprint density at radius 2 is 1.72 bits per heavy atom. The molecule has 152 valence electrons. The fraction of sp³-hybridized carbons (Fsp3) is 0.286. The summed E-state index contributed by atoms with van der Waals surface area (Å²) in [4.78, 5) is 35.3. The molecule has 8 nitrogen and oxygen atoms in total. The van der Waals surface area contributed by atoms with E-state index in [0.717, 1.165) is 11.1 Å². The molecule has 0 spiro atoms. The van der Waals surface area contributed by atoms with E-state index >= 15 is 0 Å². The van der Waals surface area contributed by atoms with E-state index in [0.29, 0.717) is 17.2 Å². The first-order valence-corrected chi connectivity index (χ1v) is 9.13. The first-order valence-electron chi connectivity index (χ1n) is 9.13. The predicted octanol–water partition coefficient (Wildman–Crippen LogP) is 2.16. The maximum atomic E-state index is 12.2. The Labute approximate surface area is 168 Å². The summed E-state index contributed by atoms with van der Waals surface area (Å²) < 4.78 is 15.8. The van der Waals surface area contributed by atoms with Crippen molar-refractivity contribution in [3.8, 4) is 11.5 Å². The molecule has 2 N–H and O–H groups in total. The molecule has 0 radical (unpaired) electrons. The molecular weight excluding hydrogens is 376 g/mol. The summed E-state index contributed by atoms with van der Waals surface area (Å²) in [5.74, 6) is 0.242. The summed E-state index contributed by atoms with van der Waals surface area (Å²) in [5.41, 5.74) is 2.21. The van der Waals surface area contributed by atoms with Crippen LogP contribution in [0.25, 0.3) is 0 Å². The highest BCUT2D eigenvalue weighted by atomic mass is 16.7. The number of hydrogen-bond acceptors (Lipinski definition) is 6. The predicted molar refractivity (Wildman–Crippen MR) is 104 cm³/mol. The van der Waals surface area contributed by atoms with Crippen molar-refractivity contribution in [2.24, 2.45) is 0 Å². The minimum atomic E-state index is -0.921. The summed E-state index contributed by atoms with van der Waals surface area (Å²) in [6.07, 6.45) is -0.893. The summed E-state index contributed by atoms with van der Waals surface area (Å²) in [6.45, 7) is 3.41. The maximum Gasteiger partial charge on any atom is 0.311 e. The van der Waals surface area contributed by atoms with E-state index in [2.05, 4.69) is 10.6 Å². The normalized spacial score (nSPS) is 12.8. The van der Waals surface area contributed by atoms with Crippen molar-refractivity contribution in [2.45, 2.75) is 32.9 Å². The van der Waals surface area contributed by atoms with E-state index in [-0.39, 0.29) is 25.7 Å². The second-order valence-electron chi connectivity index (χ2n) is 6.59. The second-order valence-corrected chi connectivity index (χ2v) is 6.59. The van der Waals surface area contributed by atoms with Crippen LogP contribution in [0.2, 0.25) is 0 Å². The zero-order chi connectivity index (χ0) is 20.8. The van der Waals surface area contributed by atoms with Gasteiger partial charge >= 0.3 is 5.97 Å². The Morgan fingerprint density at radius 1 is 1.03 bits per heavy atom. The van der Waals surface area contributed by atoms with Gasteiger partial charge in [-0.1, -0.05) is 18.2 Å². The zero-order valence-corrected chi connectivity index (χ0v) is 16.2. The van der Waals surface area contributed by atoms with Crippen LogP contribution in [0.3, 0.4) is 0 Å². The van der Waals surface area contributed by atoms with Crippen LogP contribution < -0.4 is 20.1 Å². The summed E-state index contributed by atoms with van der Waals surface area (Å²) in [5, 5.41) is 5.38. The number of nitrogens with one attached hydrogen (secondary N) is 2. The highest BCUT2D eigenvalue weighted by molar-refractivity contribution is 5.88. The molecule has 0 saturated heterocycles. The smallest absolute Gasteiger partial charge is 0.311 e. The molecule has 0 saturated carbocycles. The number of esters is 1. The fourth-order valence-corrected chi connectivity index (χ4v) is 2.75. The summed E-state index contributed by atoms with van der Waals surface area (Å²) >= 11 is 0. The molecule has 0 aromatic heterocycles. The van der Waals surface area contributed by atoms with Crippen LogP contribution in [0.5, 0.6) is 11.5 Å². The molecule has 2 aromatic carbocycles. The average molecular weight is 398 g/mol. The van der Waals surface area contributed by atoms with Gasteiger partial charge in [0.1, 0.15) is 0 Å².